The minimum absolute atomic E-state index is 0.840. The van der Waals surface area contributed by atoms with Crippen molar-refractivity contribution in [1.82, 2.24) is 0 Å². The molecule has 0 aliphatic heterocycles. The molecule has 0 heterocycles. The Labute approximate surface area is 321 Å². The van der Waals surface area contributed by atoms with Gasteiger partial charge in [0.05, 0.1) is 0 Å². The van der Waals surface area contributed by atoms with Gasteiger partial charge in [-0.25, -0.2) is 87.8 Å². The van der Waals surface area contributed by atoms with E-state index in [4.69, 9.17) is 0 Å². The van der Waals surface area contributed by atoms with E-state index in [-0.39, 0.29) is 0 Å². The van der Waals surface area contributed by atoms with Crippen molar-refractivity contribution in [3.63, 3.8) is 0 Å². The second-order valence-corrected chi connectivity index (χ2v) is 47.1. The van der Waals surface area contributed by atoms with Crippen LogP contribution in [-0.4, -0.2) is 27.8 Å². The van der Waals surface area contributed by atoms with Crippen molar-refractivity contribution >= 4 is 58.9 Å². The van der Waals surface area contributed by atoms with Gasteiger partial charge in [0.25, 0.3) is 21.7 Å². The number of halogens is 20. The second kappa shape index (κ2) is 16.2. The maximum atomic E-state index is 15.4. The van der Waals surface area contributed by atoms with Crippen LogP contribution in [0.15, 0.2) is 0 Å². The summed E-state index contributed by atoms with van der Waals surface area (Å²) in [4.78, 5) is 0. The summed E-state index contributed by atoms with van der Waals surface area (Å²) in [5, 5.41) is 0. The molecule has 0 unspecified atom stereocenters. The van der Waals surface area contributed by atoms with Crippen LogP contribution < -0.4 is 21.9 Å². The lowest BCUT2D eigenvalue weighted by molar-refractivity contribution is 0.378. The van der Waals surface area contributed by atoms with Crippen LogP contribution in [0, 0.1) is 116 Å². The van der Waals surface area contributed by atoms with E-state index in [1.165, 1.54) is 0 Å². The van der Waals surface area contributed by atoms with Crippen molar-refractivity contribution in [2.75, 3.05) is 0 Å². The highest BCUT2D eigenvalue weighted by Crippen LogP contribution is 2.34. The zero-order chi connectivity index (χ0) is 45.4. The molecule has 320 valence electrons. The first-order chi connectivity index (χ1) is 26.1. The predicted molar refractivity (Wildman–Crippen MR) is 187 cm³/mol. The van der Waals surface area contributed by atoms with Crippen LogP contribution in [0.1, 0.15) is 0 Å². The van der Waals surface area contributed by atoms with Gasteiger partial charge in [-0.1, -0.05) is 0 Å². The van der Waals surface area contributed by atoms with Crippen LogP contribution in [0.2, 0.25) is 58.9 Å². The molecule has 0 aliphatic carbocycles. The van der Waals surface area contributed by atoms with Crippen molar-refractivity contribution in [2.24, 2.45) is 0 Å². The zero-order valence-electron chi connectivity index (χ0n) is 31.0. The first-order valence-electron chi connectivity index (χ1n) is 16.0. The molecule has 4 rings (SSSR count). The third-order valence-electron chi connectivity index (χ3n) is 8.54. The molecule has 0 saturated carbocycles. The fraction of sp³-hybridized carbons (Fsp3) is 0.273. The highest BCUT2D eigenvalue weighted by molar-refractivity contribution is 8.63. The van der Waals surface area contributed by atoms with Crippen LogP contribution >= 0.6 is 0 Å². The van der Waals surface area contributed by atoms with Gasteiger partial charge in [-0.3, -0.25) is 0 Å². The number of rotatable bonds is 7. The van der Waals surface area contributed by atoms with Gasteiger partial charge >= 0.3 is 0 Å². The van der Waals surface area contributed by atoms with Crippen molar-refractivity contribution in [2.45, 2.75) is 58.9 Å². The van der Waals surface area contributed by atoms with E-state index >= 15 is 35.1 Å². The van der Waals surface area contributed by atoms with Gasteiger partial charge in [0.1, 0.15) is 52.7 Å². The van der Waals surface area contributed by atoms with Gasteiger partial charge in [-0.05, 0) is 58.9 Å². The van der Waals surface area contributed by atoms with Crippen molar-refractivity contribution in [3.05, 3.63) is 116 Å². The summed E-state index contributed by atoms with van der Waals surface area (Å²) in [7, 11) is -1.88. The summed E-state index contributed by atoms with van der Waals surface area (Å²) in [5.41, 5.74) is -14.3. The van der Waals surface area contributed by atoms with Crippen LogP contribution in [0.3, 0.4) is 0 Å². The first kappa shape index (κ1) is 48.9. The normalized spacial score (nSPS) is 12.7. The summed E-state index contributed by atoms with van der Waals surface area (Å²) >= 11 is 0. The van der Waals surface area contributed by atoms with Crippen molar-refractivity contribution in [1.29, 1.82) is 0 Å². The third-order valence-corrected chi connectivity index (χ3v) is 56.3. The first-order valence-corrected chi connectivity index (χ1v) is 29.9. The molecule has 0 spiro atoms. The highest BCUT2D eigenvalue weighted by atomic mass is 32.7. The van der Waals surface area contributed by atoms with E-state index < -0.39 is 166 Å². The van der Waals surface area contributed by atoms with Crippen LogP contribution in [0.4, 0.5) is 87.8 Å². The molecular formula is C33H27BF20SSi3. The molecule has 0 atom stereocenters. The van der Waals surface area contributed by atoms with Gasteiger partial charge in [0, 0.05) is 0 Å². The number of hydrogen-bond donors (Lipinski definition) is 0. The van der Waals surface area contributed by atoms with Gasteiger partial charge in [-0.2, -0.15) is 9.24 Å². The summed E-state index contributed by atoms with van der Waals surface area (Å²) in [6.07, 6.45) is -7.22. The Hall–Kier alpha value is -3.45. The second-order valence-electron chi connectivity index (χ2n) is 15.4. The fourth-order valence-corrected chi connectivity index (χ4v) is 79.3. The maximum Gasteiger partial charge on any atom is 0.255 e. The van der Waals surface area contributed by atoms with Gasteiger partial charge in [-0.15, -0.1) is 21.9 Å². The lowest BCUT2D eigenvalue weighted by atomic mass is 9.12. The molecule has 0 fully saturated rings. The Balaban J connectivity index is 0.000000594. The van der Waals surface area contributed by atoms with E-state index in [1.807, 2.05) is 0 Å². The molecule has 0 aromatic heterocycles. The Morgan fingerprint density at radius 3 is 0.414 bits per heavy atom. The smallest absolute Gasteiger partial charge is 0.207 e. The molecule has 0 saturated heterocycles. The molecular weight excluding hydrogens is 903 g/mol. The monoisotopic (exact) mass is 930 g/mol. The lowest BCUT2D eigenvalue weighted by Crippen LogP contribution is -2.81. The van der Waals surface area contributed by atoms with Gasteiger partial charge < -0.3 is 0 Å². The minimum atomic E-state index is -7.22. The summed E-state index contributed by atoms with van der Waals surface area (Å²) < 4.78 is 294. The van der Waals surface area contributed by atoms with E-state index in [9.17, 15) is 52.7 Å². The zero-order valence-corrected chi connectivity index (χ0v) is 34.9. The Morgan fingerprint density at radius 1 is 0.224 bits per heavy atom. The number of benzene rings is 4. The Bertz CT molecular complexity index is 1900. The Kier molecular flexibility index (Phi) is 13.7. The molecule has 4 aromatic carbocycles. The third kappa shape index (κ3) is 7.71. The molecule has 25 heteroatoms. The molecule has 0 nitrogen and oxygen atoms in total. The number of hydrogen-bond acceptors (Lipinski definition) is 0. The minimum Gasteiger partial charge on any atom is -0.207 e. The lowest BCUT2D eigenvalue weighted by Gasteiger charge is -2.44. The van der Waals surface area contributed by atoms with Crippen LogP contribution in [0.25, 0.3) is 0 Å². The summed E-state index contributed by atoms with van der Waals surface area (Å²) in [6, 6.07) is 0. The topological polar surface area (TPSA) is 0 Å². The molecule has 4 aromatic rings. The van der Waals surface area contributed by atoms with E-state index in [2.05, 4.69) is 58.9 Å². The molecule has 0 aliphatic rings. The van der Waals surface area contributed by atoms with E-state index in [0.717, 1.165) is 9.24 Å². The molecule has 0 N–H and O–H groups in total. The predicted octanol–water partition coefficient (Wildman–Crippen LogP) is 9.96. The van der Waals surface area contributed by atoms with Gasteiger partial charge in [0.2, 0.25) is 0 Å². The summed E-state index contributed by atoms with van der Waals surface area (Å²) in [6.45, 7) is 23.2. The average Bonchev–Trinajstić information content (AvgIpc) is 3.09. The molecule has 0 bridgehead atoms. The van der Waals surface area contributed by atoms with E-state index in [0.29, 0.717) is 0 Å². The molecule has 58 heavy (non-hydrogen) atoms. The fourth-order valence-electron chi connectivity index (χ4n) is 7.63. The van der Waals surface area contributed by atoms with Crippen molar-refractivity contribution < 1.29 is 87.8 Å². The van der Waals surface area contributed by atoms with Crippen LogP contribution in [0.5, 0.6) is 0 Å². The quantitative estimate of drug-likeness (QED) is 0.0570. The highest BCUT2D eigenvalue weighted by Gasteiger charge is 2.55. The summed E-state index contributed by atoms with van der Waals surface area (Å²) in [5.74, 6) is -71.4. The molecule has 0 amide bonds. The van der Waals surface area contributed by atoms with E-state index in [1.54, 1.807) is 0 Å². The Morgan fingerprint density at radius 2 is 0.328 bits per heavy atom. The average molecular weight is 931 g/mol. The SMILES string of the molecule is C[Si](C)(C)[S+]([Si](C)(C)C)[Si](C)(C)C.Fc1c(F)c(F)c([B-](c2c(F)c(F)c(F)c(F)c2F)(c2c(F)c(F)c(F)c(F)c2F)c2c(F)c(F)c(F)c(F)c2F)c(F)c1F. The maximum absolute atomic E-state index is 15.4. The van der Waals surface area contributed by atoms with Crippen LogP contribution in [-0.2, 0) is 9.24 Å². The molecule has 0 radical (unpaired) electrons. The largest absolute Gasteiger partial charge is 0.255 e. The van der Waals surface area contributed by atoms with Gasteiger partial charge in [0.15, 0.2) is 69.8 Å². The van der Waals surface area contributed by atoms with Crippen molar-refractivity contribution in [3.8, 4) is 0 Å². The standard InChI is InChI=1S/C24BF20.C9H27SSi3/c26-5-1(6(27)14(35)21(42)13(5)34)25(2-7(28)15(36)22(43)16(37)8(2)29,3-9(30)17(38)23(44)18(39)10(3)31)4-11(32)19(40)24(45)20(41)12(4)33;1-11(2,3)10(12(4,5)6)13(7,8)9/h;1-9H3/q-1;+1.